The second-order valence-electron chi connectivity index (χ2n) is 5.21. The van der Waals surface area contributed by atoms with E-state index >= 15 is 0 Å². The number of anilines is 1. The molecule has 1 saturated heterocycles. The van der Waals surface area contributed by atoms with Gasteiger partial charge in [0.15, 0.2) is 0 Å². The van der Waals surface area contributed by atoms with Gasteiger partial charge in [-0.1, -0.05) is 12.1 Å². The lowest BCUT2D eigenvalue weighted by molar-refractivity contribution is -0.136. The fourth-order valence-electron chi connectivity index (χ4n) is 2.13. The summed E-state index contributed by atoms with van der Waals surface area (Å²) < 4.78 is 0. The summed E-state index contributed by atoms with van der Waals surface area (Å²) >= 11 is 0. The van der Waals surface area contributed by atoms with E-state index < -0.39 is 5.92 Å². The Morgan fingerprint density at radius 1 is 1.38 bits per heavy atom. The van der Waals surface area contributed by atoms with Crippen LogP contribution in [0.4, 0.5) is 5.69 Å². The number of carbonyl (C=O) groups excluding carboxylic acids is 2. The molecular formula is C15H20N4O2. The predicted molar refractivity (Wildman–Crippen MR) is 82.2 cm³/mol. The first-order valence-electron chi connectivity index (χ1n) is 6.96. The Hall–Kier alpha value is -2.37. The van der Waals surface area contributed by atoms with Gasteiger partial charge in [0, 0.05) is 26.3 Å². The van der Waals surface area contributed by atoms with Gasteiger partial charge < -0.3 is 10.2 Å². The molecule has 0 aliphatic carbocycles. The van der Waals surface area contributed by atoms with Crippen molar-refractivity contribution in [1.29, 1.82) is 0 Å². The maximum atomic E-state index is 11.8. The third-order valence-corrected chi connectivity index (χ3v) is 3.40. The number of hydrogen-bond donors (Lipinski definition) is 2. The summed E-state index contributed by atoms with van der Waals surface area (Å²) in [5, 5.41) is 6.59. The Bertz CT molecular complexity index is 537. The molecule has 2 amide bonds. The first-order chi connectivity index (χ1) is 10.1. The number of benzene rings is 1. The van der Waals surface area contributed by atoms with Gasteiger partial charge in [-0.05, 0) is 30.5 Å². The normalized spacial score (nSPS) is 18.4. The average molecular weight is 288 g/mol. The van der Waals surface area contributed by atoms with Crippen molar-refractivity contribution in [1.82, 2.24) is 10.7 Å². The summed E-state index contributed by atoms with van der Waals surface area (Å²) in [5.74, 6) is -1.20. The standard InChI is InChI=1S/C15H20N4O2/c1-19(2)12-7-5-11(6-8-12)10-17-18-15(21)13-4-3-9-16-14(13)20/h5-8,10,13H,3-4,9H2,1-2H3,(H,16,20)(H,18,21)/b17-10-/t13-/m0/s1. The first-order valence-corrected chi connectivity index (χ1v) is 6.96. The fraction of sp³-hybridized carbons (Fsp3) is 0.400. The Balaban J connectivity index is 1.89. The molecule has 1 fully saturated rings. The van der Waals surface area contributed by atoms with Crippen LogP contribution in [0.15, 0.2) is 29.4 Å². The summed E-state index contributed by atoms with van der Waals surface area (Å²) in [5.41, 5.74) is 4.40. The number of piperidine rings is 1. The molecule has 1 aliphatic rings. The van der Waals surface area contributed by atoms with Crippen molar-refractivity contribution in [3.63, 3.8) is 0 Å². The first kappa shape index (κ1) is 15.0. The van der Waals surface area contributed by atoms with Gasteiger partial charge in [0.1, 0.15) is 5.92 Å². The van der Waals surface area contributed by atoms with Crippen molar-refractivity contribution in [3.05, 3.63) is 29.8 Å². The summed E-state index contributed by atoms with van der Waals surface area (Å²) in [6.45, 7) is 0.643. The molecule has 0 saturated carbocycles. The number of rotatable bonds is 4. The quantitative estimate of drug-likeness (QED) is 0.487. The van der Waals surface area contributed by atoms with Gasteiger partial charge in [0.05, 0.1) is 6.21 Å². The van der Waals surface area contributed by atoms with E-state index in [1.807, 2.05) is 43.3 Å². The van der Waals surface area contributed by atoms with Crippen LogP contribution in [0.2, 0.25) is 0 Å². The maximum absolute atomic E-state index is 11.8. The summed E-state index contributed by atoms with van der Waals surface area (Å²) in [6.07, 6.45) is 2.96. The third-order valence-electron chi connectivity index (χ3n) is 3.40. The largest absolute Gasteiger partial charge is 0.378 e. The molecule has 2 N–H and O–H groups in total. The predicted octanol–water partition coefficient (Wildman–Crippen LogP) is 0.729. The molecule has 1 aromatic rings. The average Bonchev–Trinajstić information content (AvgIpc) is 2.48. The number of amides is 2. The van der Waals surface area contributed by atoms with Gasteiger partial charge in [-0.25, -0.2) is 5.43 Å². The van der Waals surface area contributed by atoms with Crippen LogP contribution >= 0.6 is 0 Å². The van der Waals surface area contributed by atoms with Gasteiger partial charge in [0.25, 0.3) is 5.91 Å². The van der Waals surface area contributed by atoms with Crippen LogP contribution in [0, 0.1) is 5.92 Å². The zero-order chi connectivity index (χ0) is 15.2. The zero-order valence-corrected chi connectivity index (χ0v) is 12.3. The molecule has 112 valence electrons. The van der Waals surface area contributed by atoms with Crippen molar-refractivity contribution in [2.45, 2.75) is 12.8 Å². The molecule has 21 heavy (non-hydrogen) atoms. The molecule has 0 spiro atoms. The minimum atomic E-state index is -0.632. The topological polar surface area (TPSA) is 73.8 Å². The van der Waals surface area contributed by atoms with Crippen molar-refractivity contribution in [3.8, 4) is 0 Å². The van der Waals surface area contributed by atoms with Crippen LogP contribution in [0.1, 0.15) is 18.4 Å². The Morgan fingerprint density at radius 3 is 2.71 bits per heavy atom. The van der Waals surface area contributed by atoms with Crippen molar-refractivity contribution in [2.75, 3.05) is 25.5 Å². The van der Waals surface area contributed by atoms with Crippen molar-refractivity contribution in [2.24, 2.45) is 11.0 Å². The fourth-order valence-corrected chi connectivity index (χ4v) is 2.13. The van der Waals surface area contributed by atoms with E-state index in [9.17, 15) is 9.59 Å². The van der Waals surface area contributed by atoms with Gasteiger partial charge in [-0.2, -0.15) is 5.10 Å². The number of nitrogens with zero attached hydrogens (tertiary/aromatic N) is 2. The van der Waals surface area contributed by atoms with Gasteiger partial charge in [0.2, 0.25) is 5.91 Å². The van der Waals surface area contributed by atoms with E-state index in [2.05, 4.69) is 15.8 Å². The smallest absolute Gasteiger partial charge is 0.252 e. The van der Waals surface area contributed by atoms with Crippen LogP contribution in [-0.2, 0) is 9.59 Å². The highest BCUT2D eigenvalue weighted by Crippen LogP contribution is 2.12. The number of nitrogens with one attached hydrogen (secondary N) is 2. The number of carbonyl (C=O) groups is 2. The zero-order valence-electron chi connectivity index (χ0n) is 12.3. The molecule has 6 heteroatoms. The van der Waals surface area contributed by atoms with E-state index in [1.165, 1.54) is 0 Å². The maximum Gasteiger partial charge on any atom is 0.252 e. The molecule has 0 radical (unpaired) electrons. The molecule has 1 aliphatic heterocycles. The summed E-state index contributed by atoms with van der Waals surface area (Å²) in [7, 11) is 3.94. The van der Waals surface area contributed by atoms with Crippen LogP contribution in [-0.4, -0.2) is 38.7 Å². The Labute approximate surface area is 124 Å². The van der Waals surface area contributed by atoms with Gasteiger partial charge in [-0.15, -0.1) is 0 Å². The Kier molecular flexibility index (Phi) is 4.92. The number of hydrogen-bond acceptors (Lipinski definition) is 4. The molecule has 2 rings (SSSR count). The Morgan fingerprint density at radius 2 is 2.10 bits per heavy atom. The van der Waals surface area contributed by atoms with Crippen LogP contribution < -0.4 is 15.6 Å². The van der Waals surface area contributed by atoms with Crippen molar-refractivity contribution >= 4 is 23.7 Å². The lowest BCUT2D eigenvalue weighted by Gasteiger charge is -2.19. The van der Waals surface area contributed by atoms with E-state index in [0.29, 0.717) is 13.0 Å². The van der Waals surface area contributed by atoms with E-state index in [-0.39, 0.29) is 11.8 Å². The molecule has 0 unspecified atom stereocenters. The molecule has 1 heterocycles. The van der Waals surface area contributed by atoms with E-state index in [0.717, 1.165) is 17.7 Å². The van der Waals surface area contributed by atoms with E-state index in [4.69, 9.17) is 0 Å². The molecule has 6 nitrogen and oxygen atoms in total. The summed E-state index contributed by atoms with van der Waals surface area (Å²) in [6, 6.07) is 7.77. The van der Waals surface area contributed by atoms with Gasteiger partial charge >= 0.3 is 0 Å². The van der Waals surface area contributed by atoms with Crippen LogP contribution in [0.5, 0.6) is 0 Å². The SMILES string of the molecule is CN(C)c1ccc(/C=N\NC(=O)[C@H]2CCCNC2=O)cc1. The second kappa shape index (κ2) is 6.88. The van der Waals surface area contributed by atoms with Crippen LogP contribution in [0.25, 0.3) is 0 Å². The minimum Gasteiger partial charge on any atom is -0.378 e. The monoisotopic (exact) mass is 288 g/mol. The molecule has 0 aromatic heterocycles. The molecule has 1 atom stereocenters. The van der Waals surface area contributed by atoms with E-state index in [1.54, 1.807) is 6.21 Å². The second-order valence-corrected chi connectivity index (χ2v) is 5.21. The lowest BCUT2D eigenvalue weighted by Crippen LogP contribution is -2.43. The minimum absolute atomic E-state index is 0.218. The molecule has 1 aromatic carbocycles. The highest BCUT2D eigenvalue weighted by Gasteiger charge is 2.28. The molecule has 0 bridgehead atoms. The van der Waals surface area contributed by atoms with Gasteiger partial charge in [-0.3, -0.25) is 9.59 Å². The highest BCUT2D eigenvalue weighted by atomic mass is 16.2. The van der Waals surface area contributed by atoms with Crippen molar-refractivity contribution < 1.29 is 9.59 Å². The highest BCUT2D eigenvalue weighted by molar-refractivity contribution is 6.00. The van der Waals surface area contributed by atoms with Crippen LogP contribution in [0.3, 0.4) is 0 Å². The third kappa shape index (κ3) is 4.05. The molecular weight excluding hydrogens is 268 g/mol. The number of hydrazone groups is 1. The summed E-state index contributed by atoms with van der Waals surface area (Å²) in [4.78, 5) is 25.4. The lowest BCUT2D eigenvalue weighted by atomic mass is 9.98.